The van der Waals surface area contributed by atoms with Crippen LogP contribution in [-0.4, -0.2) is 40.1 Å². The van der Waals surface area contributed by atoms with Gasteiger partial charge in [-0.15, -0.1) is 12.4 Å². The van der Waals surface area contributed by atoms with Crippen LogP contribution in [0.4, 0.5) is 0 Å². The molecule has 3 heterocycles. The number of nitrogens with zero attached hydrogens (tertiary/aromatic N) is 2. The van der Waals surface area contributed by atoms with Gasteiger partial charge in [0.05, 0.1) is 10.9 Å². The van der Waals surface area contributed by atoms with E-state index in [4.69, 9.17) is 0 Å². The number of rotatable bonds is 7. The van der Waals surface area contributed by atoms with Gasteiger partial charge in [-0.05, 0) is 57.2 Å². The topological polar surface area (TPSA) is 109 Å². The van der Waals surface area contributed by atoms with E-state index >= 15 is 0 Å². The van der Waals surface area contributed by atoms with Gasteiger partial charge in [-0.3, -0.25) is 19.1 Å². The van der Waals surface area contributed by atoms with E-state index in [1.54, 1.807) is 6.07 Å². The summed E-state index contributed by atoms with van der Waals surface area (Å²) < 4.78 is 1.48. The van der Waals surface area contributed by atoms with Crippen LogP contribution < -0.4 is 21.9 Å². The normalized spacial score (nSPS) is 18.6. The molecule has 1 aliphatic heterocycles. The molecule has 3 N–H and O–H groups in total. The van der Waals surface area contributed by atoms with Crippen LogP contribution in [0.3, 0.4) is 0 Å². The molecule has 0 radical (unpaired) electrons. The first-order chi connectivity index (χ1) is 13.6. The first-order valence-corrected chi connectivity index (χ1v) is 10.2. The van der Waals surface area contributed by atoms with Crippen molar-refractivity contribution in [2.75, 3.05) is 19.6 Å². The highest BCUT2D eigenvalue weighted by Gasteiger charge is 2.28. The van der Waals surface area contributed by atoms with E-state index in [2.05, 4.69) is 20.6 Å². The third-order valence-corrected chi connectivity index (χ3v) is 5.66. The Labute approximate surface area is 174 Å². The van der Waals surface area contributed by atoms with Crippen molar-refractivity contribution in [2.45, 2.75) is 51.5 Å². The molecule has 2 aromatic rings. The quantitative estimate of drug-likeness (QED) is 0.628. The van der Waals surface area contributed by atoms with E-state index in [-0.39, 0.29) is 23.7 Å². The third kappa shape index (κ3) is 4.53. The van der Waals surface area contributed by atoms with Gasteiger partial charge in [-0.25, -0.2) is 9.78 Å². The maximum Gasteiger partial charge on any atom is 0.329 e. The second-order valence-corrected chi connectivity index (χ2v) is 7.88. The molecule has 158 valence electrons. The number of fused-ring (bicyclic) bond motifs is 1. The van der Waals surface area contributed by atoms with Crippen LogP contribution in [0.15, 0.2) is 15.7 Å². The third-order valence-electron chi connectivity index (χ3n) is 5.66. The van der Waals surface area contributed by atoms with Crippen LogP contribution in [0.1, 0.15) is 61.0 Å². The van der Waals surface area contributed by atoms with E-state index in [1.807, 2.05) is 6.92 Å². The van der Waals surface area contributed by atoms with Crippen molar-refractivity contribution >= 4 is 29.3 Å². The van der Waals surface area contributed by atoms with E-state index in [0.717, 1.165) is 50.9 Å². The van der Waals surface area contributed by atoms with E-state index in [0.29, 0.717) is 36.1 Å². The summed E-state index contributed by atoms with van der Waals surface area (Å²) in [7, 11) is 0. The number of carbonyl (C=O) groups excluding carboxylic acids is 1. The van der Waals surface area contributed by atoms with Crippen molar-refractivity contribution in [1.29, 1.82) is 0 Å². The number of halogens is 1. The summed E-state index contributed by atoms with van der Waals surface area (Å²) in [5.41, 5.74) is 0.424. The number of aryl methyl sites for hydroxylation is 1. The Bertz CT molecular complexity index is 1010. The molecule has 29 heavy (non-hydrogen) atoms. The van der Waals surface area contributed by atoms with Gasteiger partial charge in [0.1, 0.15) is 0 Å². The largest absolute Gasteiger partial charge is 0.352 e. The van der Waals surface area contributed by atoms with Crippen LogP contribution >= 0.6 is 12.4 Å². The molecule has 0 bridgehead atoms. The molecular formula is C20H28ClN5O3. The fraction of sp³-hybridized carbons (Fsp3) is 0.600. The van der Waals surface area contributed by atoms with E-state index in [9.17, 15) is 14.4 Å². The lowest BCUT2D eigenvalue weighted by molar-refractivity contribution is 0.0953. The van der Waals surface area contributed by atoms with Crippen molar-refractivity contribution in [2.24, 2.45) is 5.92 Å². The Hall–Kier alpha value is -2.19. The van der Waals surface area contributed by atoms with Gasteiger partial charge in [0.2, 0.25) is 0 Å². The molecule has 8 nitrogen and oxygen atoms in total. The molecule has 0 aromatic carbocycles. The lowest BCUT2D eigenvalue weighted by atomic mass is 10.0. The van der Waals surface area contributed by atoms with Crippen molar-refractivity contribution in [3.05, 3.63) is 38.2 Å². The highest BCUT2D eigenvalue weighted by Crippen LogP contribution is 2.39. The first-order valence-electron chi connectivity index (χ1n) is 10.2. The average Bonchev–Trinajstić information content (AvgIpc) is 3.40. The Morgan fingerprint density at radius 3 is 2.76 bits per heavy atom. The summed E-state index contributed by atoms with van der Waals surface area (Å²) in [6.45, 7) is 4.99. The predicted octanol–water partition coefficient (Wildman–Crippen LogP) is 1.52. The molecule has 1 amide bonds. The molecule has 4 rings (SSSR count). The molecule has 1 aliphatic carbocycles. The number of hydrogen-bond acceptors (Lipinski definition) is 5. The van der Waals surface area contributed by atoms with Crippen LogP contribution in [0.5, 0.6) is 0 Å². The van der Waals surface area contributed by atoms with Crippen LogP contribution in [0.25, 0.3) is 11.0 Å². The SMILES string of the molecule is CCCn1c(=O)[nH]c(=O)c2c(C(=O)NCCC3CCNC3)cc(C3CC3)nc21.Cl. The number of pyridine rings is 1. The molecule has 1 unspecified atom stereocenters. The smallest absolute Gasteiger partial charge is 0.329 e. The molecular weight excluding hydrogens is 394 g/mol. The van der Waals surface area contributed by atoms with Crippen molar-refractivity contribution in [3.8, 4) is 0 Å². The fourth-order valence-corrected chi connectivity index (χ4v) is 3.94. The van der Waals surface area contributed by atoms with Crippen LogP contribution in [-0.2, 0) is 6.54 Å². The molecule has 9 heteroatoms. The van der Waals surface area contributed by atoms with Gasteiger partial charge in [0.15, 0.2) is 5.65 Å². The highest BCUT2D eigenvalue weighted by atomic mass is 35.5. The number of amides is 1. The number of carbonyl (C=O) groups is 1. The molecule has 2 fully saturated rings. The Balaban J connectivity index is 0.00000240. The molecule has 1 saturated heterocycles. The summed E-state index contributed by atoms with van der Waals surface area (Å²) in [6.07, 6.45) is 4.81. The van der Waals surface area contributed by atoms with Crippen LogP contribution in [0, 0.1) is 5.92 Å². The number of nitrogens with one attached hydrogen (secondary N) is 3. The van der Waals surface area contributed by atoms with Crippen molar-refractivity contribution < 1.29 is 4.79 Å². The second kappa shape index (κ2) is 9.09. The zero-order valence-electron chi connectivity index (χ0n) is 16.6. The summed E-state index contributed by atoms with van der Waals surface area (Å²) in [5.74, 6) is 0.618. The maximum atomic E-state index is 12.9. The van der Waals surface area contributed by atoms with Gasteiger partial charge in [-0.2, -0.15) is 0 Å². The minimum absolute atomic E-state index is 0. The summed E-state index contributed by atoms with van der Waals surface area (Å²) in [4.78, 5) is 44.8. The summed E-state index contributed by atoms with van der Waals surface area (Å²) in [6, 6.07) is 1.74. The standard InChI is InChI=1S/C20H27N5O3.ClH/c1-2-9-25-17-16(19(27)24-20(25)28)14(10-15(23-17)13-3-4-13)18(26)22-8-6-12-5-7-21-11-12;/h10,12-13,21H,2-9,11H2,1H3,(H,22,26)(H,24,27,28);1H. The number of H-pyrrole nitrogens is 1. The minimum atomic E-state index is -0.549. The monoisotopic (exact) mass is 421 g/mol. The minimum Gasteiger partial charge on any atom is -0.352 e. The van der Waals surface area contributed by atoms with Crippen LogP contribution in [0.2, 0.25) is 0 Å². The second-order valence-electron chi connectivity index (χ2n) is 7.88. The Morgan fingerprint density at radius 2 is 2.10 bits per heavy atom. The van der Waals surface area contributed by atoms with E-state index in [1.165, 1.54) is 4.57 Å². The van der Waals surface area contributed by atoms with Gasteiger partial charge in [0, 0.05) is 24.7 Å². The van der Waals surface area contributed by atoms with Crippen molar-refractivity contribution in [1.82, 2.24) is 25.2 Å². The number of aromatic nitrogens is 3. The average molecular weight is 422 g/mol. The lowest BCUT2D eigenvalue weighted by Gasteiger charge is -2.14. The summed E-state index contributed by atoms with van der Waals surface area (Å²) in [5, 5.41) is 6.49. The fourth-order valence-electron chi connectivity index (χ4n) is 3.94. The Morgan fingerprint density at radius 1 is 1.31 bits per heavy atom. The van der Waals surface area contributed by atoms with E-state index < -0.39 is 11.2 Å². The summed E-state index contributed by atoms with van der Waals surface area (Å²) >= 11 is 0. The zero-order chi connectivity index (χ0) is 19.7. The Kier molecular flexibility index (Phi) is 6.74. The molecule has 2 aromatic heterocycles. The molecule has 1 saturated carbocycles. The van der Waals surface area contributed by atoms with Gasteiger partial charge in [-0.1, -0.05) is 6.92 Å². The number of hydrogen-bond donors (Lipinski definition) is 3. The first kappa shape index (κ1) is 21.5. The highest BCUT2D eigenvalue weighted by molar-refractivity contribution is 6.05. The number of aromatic amines is 1. The van der Waals surface area contributed by atoms with Gasteiger partial charge < -0.3 is 10.6 Å². The van der Waals surface area contributed by atoms with Gasteiger partial charge >= 0.3 is 5.69 Å². The van der Waals surface area contributed by atoms with Crippen molar-refractivity contribution in [3.63, 3.8) is 0 Å². The molecule has 1 atom stereocenters. The zero-order valence-corrected chi connectivity index (χ0v) is 17.4. The predicted molar refractivity (Wildman–Crippen MR) is 114 cm³/mol. The molecule has 2 aliphatic rings. The maximum absolute atomic E-state index is 12.9. The molecule has 0 spiro atoms. The lowest BCUT2D eigenvalue weighted by Crippen LogP contribution is -2.34. The van der Waals surface area contributed by atoms with Gasteiger partial charge in [0.25, 0.3) is 11.5 Å².